The molecule has 2 atom stereocenters. The van der Waals surface area contributed by atoms with Crippen LogP contribution in [-0.2, 0) is 9.84 Å². The summed E-state index contributed by atoms with van der Waals surface area (Å²) in [6.07, 6.45) is 2.32. The third-order valence-corrected chi connectivity index (χ3v) is 6.22. The van der Waals surface area contributed by atoms with Gasteiger partial charge in [0.2, 0.25) is 0 Å². The molecule has 4 nitrogen and oxygen atoms in total. The standard InChI is InChI=1S/C15H22N2O2S/c1-2-17-9-5-6-12(10-17)16-14-11-20(18,19)15-8-4-3-7-13(14)15/h3-4,7-8,12,14,16H,2,5-6,9-11H2,1H3. The molecule has 2 aliphatic rings. The van der Waals surface area contributed by atoms with Crippen molar-refractivity contribution in [2.45, 2.75) is 36.7 Å². The second kappa shape index (κ2) is 5.47. The van der Waals surface area contributed by atoms with Gasteiger partial charge >= 0.3 is 0 Å². The lowest BCUT2D eigenvalue weighted by Crippen LogP contribution is -2.46. The summed E-state index contributed by atoms with van der Waals surface area (Å²) in [7, 11) is -3.10. The lowest BCUT2D eigenvalue weighted by Gasteiger charge is -2.34. The van der Waals surface area contributed by atoms with E-state index in [-0.39, 0.29) is 11.8 Å². The number of sulfone groups is 1. The molecule has 3 rings (SSSR count). The minimum atomic E-state index is -3.10. The molecular weight excluding hydrogens is 272 g/mol. The van der Waals surface area contributed by atoms with Gasteiger partial charge in [0, 0.05) is 18.6 Å². The molecule has 1 aromatic rings. The number of rotatable bonds is 3. The summed E-state index contributed by atoms with van der Waals surface area (Å²) < 4.78 is 24.4. The van der Waals surface area contributed by atoms with Crippen LogP contribution < -0.4 is 5.32 Å². The maximum Gasteiger partial charge on any atom is 0.180 e. The van der Waals surface area contributed by atoms with Crippen molar-refractivity contribution in [3.05, 3.63) is 29.8 Å². The molecule has 0 spiro atoms. The normalized spacial score (nSPS) is 29.2. The lowest BCUT2D eigenvalue weighted by atomic mass is 10.0. The highest BCUT2D eigenvalue weighted by Crippen LogP contribution is 2.33. The van der Waals surface area contributed by atoms with Gasteiger partial charge in [0.25, 0.3) is 0 Å². The van der Waals surface area contributed by atoms with Crippen LogP contribution in [0, 0.1) is 0 Å². The van der Waals surface area contributed by atoms with E-state index in [1.54, 1.807) is 12.1 Å². The Morgan fingerprint density at radius 3 is 2.95 bits per heavy atom. The van der Waals surface area contributed by atoms with Crippen molar-refractivity contribution in [2.24, 2.45) is 0 Å². The average molecular weight is 294 g/mol. The van der Waals surface area contributed by atoms with Gasteiger partial charge in [-0.05, 0) is 37.6 Å². The molecule has 0 bridgehead atoms. The summed E-state index contributed by atoms with van der Waals surface area (Å²) >= 11 is 0. The summed E-state index contributed by atoms with van der Waals surface area (Å²) in [5, 5.41) is 3.57. The van der Waals surface area contributed by atoms with E-state index >= 15 is 0 Å². The Balaban J connectivity index is 1.76. The number of likely N-dealkylation sites (N-methyl/N-ethyl adjacent to an activating group) is 1. The van der Waals surface area contributed by atoms with E-state index in [1.165, 1.54) is 6.42 Å². The van der Waals surface area contributed by atoms with Crippen molar-refractivity contribution in [1.29, 1.82) is 0 Å². The number of likely N-dealkylation sites (tertiary alicyclic amines) is 1. The topological polar surface area (TPSA) is 49.4 Å². The van der Waals surface area contributed by atoms with E-state index in [0.29, 0.717) is 10.9 Å². The van der Waals surface area contributed by atoms with Gasteiger partial charge in [0.05, 0.1) is 10.6 Å². The predicted octanol–water partition coefficient (Wildman–Crippen LogP) is 1.59. The largest absolute Gasteiger partial charge is 0.305 e. The monoisotopic (exact) mass is 294 g/mol. The highest BCUT2D eigenvalue weighted by Gasteiger charge is 2.35. The van der Waals surface area contributed by atoms with Gasteiger partial charge in [-0.3, -0.25) is 0 Å². The number of nitrogens with one attached hydrogen (secondary N) is 1. The number of fused-ring (bicyclic) bond motifs is 1. The number of hydrogen-bond donors (Lipinski definition) is 1. The summed E-state index contributed by atoms with van der Waals surface area (Å²) in [6.45, 7) is 5.43. The van der Waals surface area contributed by atoms with Crippen LogP contribution >= 0.6 is 0 Å². The fourth-order valence-electron chi connectivity index (χ4n) is 3.35. The molecule has 0 radical (unpaired) electrons. The lowest BCUT2D eigenvalue weighted by molar-refractivity contribution is 0.192. The van der Waals surface area contributed by atoms with E-state index in [0.717, 1.165) is 31.6 Å². The Morgan fingerprint density at radius 2 is 2.15 bits per heavy atom. The average Bonchev–Trinajstić information content (AvgIpc) is 2.71. The van der Waals surface area contributed by atoms with Crippen LogP contribution in [0.4, 0.5) is 0 Å². The molecular formula is C15H22N2O2S. The summed E-state index contributed by atoms with van der Waals surface area (Å²) in [4.78, 5) is 2.94. The van der Waals surface area contributed by atoms with Crippen molar-refractivity contribution in [3.63, 3.8) is 0 Å². The van der Waals surface area contributed by atoms with Crippen LogP contribution in [0.5, 0.6) is 0 Å². The summed E-state index contributed by atoms with van der Waals surface area (Å²) in [6, 6.07) is 7.75. The molecule has 20 heavy (non-hydrogen) atoms. The van der Waals surface area contributed by atoms with Crippen molar-refractivity contribution in [2.75, 3.05) is 25.4 Å². The summed E-state index contributed by atoms with van der Waals surface area (Å²) in [5.74, 6) is 0.203. The van der Waals surface area contributed by atoms with Crippen molar-refractivity contribution in [1.82, 2.24) is 10.2 Å². The first-order valence-corrected chi connectivity index (χ1v) is 9.05. The number of hydrogen-bond acceptors (Lipinski definition) is 4. The van der Waals surface area contributed by atoms with Crippen molar-refractivity contribution < 1.29 is 8.42 Å². The molecule has 0 aromatic heterocycles. The van der Waals surface area contributed by atoms with Crippen LogP contribution in [0.1, 0.15) is 31.4 Å². The van der Waals surface area contributed by atoms with Crippen molar-refractivity contribution >= 4 is 9.84 Å². The van der Waals surface area contributed by atoms with Gasteiger partial charge in [0.1, 0.15) is 0 Å². The SMILES string of the molecule is CCN1CCCC(NC2CS(=O)(=O)c3ccccc32)C1. The maximum atomic E-state index is 12.2. The quantitative estimate of drug-likeness (QED) is 0.920. The molecule has 1 fully saturated rings. The van der Waals surface area contributed by atoms with Crippen LogP contribution in [0.25, 0.3) is 0 Å². The summed E-state index contributed by atoms with van der Waals surface area (Å²) in [5.41, 5.74) is 0.945. The highest BCUT2D eigenvalue weighted by atomic mass is 32.2. The Labute approximate surface area is 121 Å². The van der Waals surface area contributed by atoms with E-state index in [2.05, 4.69) is 17.1 Å². The van der Waals surface area contributed by atoms with Crippen LogP contribution in [0.2, 0.25) is 0 Å². The molecule has 1 saturated heterocycles. The van der Waals surface area contributed by atoms with Gasteiger partial charge in [-0.1, -0.05) is 25.1 Å². The Morgan fingerprint density at radius 1 is 1.35 bits per heavy atom. The van der Waals surface area contributed by atoms with E-state index < -0.39 is 9.84 Å². The minimum absolute atomic E-state index is 0.0435. The maximum absolute atomic E-state index is 12.2. The van der Waals surface area contributed by atoms with Crippen LogP contribution in [-0.4, -0.2) is 44.7 Å². The van der Waals surface area contributed by atoms with Crippen LogP contribution in [0.15, 0.2) is 29.2 Å². The second-order valence-electron chi connectivity index (χ2n) is 5.77. The molecule has 110 valence electrons. The molecule has 5 heteroatoms. The zero-order valence-corrected chi connectivity index (χ0v) is 12.7. The zero-order chi connectivity index (χ0) is 14.2. The zero-order valence-electron chi connectivity index (χ0n) is 11.9. The molecule has 2 unspecified atom stereocenters. The molecule has 0 saturated carbocycles. The third kappa shape index (κ3) is 2.62. The van der Waals surface area contributed by atoms with Crippen LogP contribution in [0.3, 0.4) is 0 Å². The molecule has 2 aliphatic heterocycles. The molecule has 0 aliphatic carbocycles. The number of nitrogens with zero attached hydrogens (tertiary/aromatic N) is 1. The first-order valence-electron chi connectivity index (χ1n) is 7.40. The Kier molecular flexibility index (Phi) is 3.84. The minimum Gasteiger partial charge on any atom is -0.305 e. The van der Waals surface area contributed by atoms with Gasteiger partial charge < -0.3 is 10.2 Å². The molecule has 2 heterocycles. The Bertz CT molecular complexity index is 585. The van der Waals surface area contributed by atoms with E-state index in [1.807, 2.05) is 12.1 Å². The smallest absolute Gasteiger partial charge is 0.180 e. The fourth-order valence-corrected chi connectivity index (χ4v) is 5.10. The first-order chi connectivity index (χ1) is 9.60. The van der Waals surface area contributed by atoms with Gasteiger partial charge in [-0.25, -0.2) is 8.42 Å². The van der Waals surface area contributed by atoms with Gasteiger partial charge in [0.15, 0.2) is 9.84 Å². The van der Waals surface area contributed by atoms with Crippen molar-refractivity contribution in [3.8, 4) is 0 Å². The van der Waals surface area contributed by atoms with E-state index in [4.69, 9.17) is 0 Å². The predicted molar refractivity (Wildman–Crippen MR) is 79.5 cm³/mol. The van der Waals surface area contributed by atoms with Gasteiger partial charge in [-0.15, -0.1) is 0 Å². The number of piperidine rings is 1. The third-order valence-electron chi connectivity index (χ3n) is 4.41. The Hall–Kier alpha value is -0.910. The van der Waals surface area contributed by atoms with E-state index in [9.17, 15) is 8.42 Å². The fraction of sp³-hybridized carbons (Fsp3) is 0.600. The second-order valence-corrected chi connectivity index (χ2v) is 7.77. The van der Waals surface area contributed by atoms with Gasteiger partial charge in [-0.2, -0.15) is 0 Å². The molecule has 0 amide bonds. The molecule has 1 N–H and O–H groups in total. The number of benzene rings is 1. The highest BCUT2D eigenvalue weighted by molar-refractivity contribution is 7.91. The first kappa shape index (κ1) is 14.0. The molecule has 1 aromatic carbocycles.